The predicted molar refractivity (Wildman–Crippen MR) is 92.7 cm³/mol. The Kier molecular flexibility index (Phi) is 6.14. The van der Waals surface area contributed by atoms with Gasteiger partial charge < -0.3 is 14.8 Å². The third-order valence-electron chi connectivity index (χ3n) is 4.43. The first-order valence-corrected chi connectivity index (χ1v) is 8.62. The van der Waals surface area contributed by atoms with E-state index in [0.717, 1.165) is 25.7 Å². The summed E-state index contributed by atoms with van der Waals surface area (Å²) in [6, 6.07) is 3.70. The van der Waals surface area contributed by atoms with Gasteiger partial charge in [-0.2, -0.15) is 0 Å². The maximum absolute atomic E-state index is 12.5. The fourth-order valence-electron chi connectivity index (χ4n) is 3.04. The number of aromatic nitrogens is 3. The molecule has 3 rings (SSSR count). The topological polar surface area (TPSA) is 78.3 Å². The molecule has 2 aromatic heterocycles. The molecule has 0 saturated heterocycles. The molecule has 2 heterocycles. The number of methoxy groups -OCH3 is 1. The molecule has 0 bridgehead atoms. The normalized spacial score (nSPS) is 20.4. The van der Waals surface area contributed by atoms with Crippen LogP contribution in [0.3, 0.4) is 0 Å². The summed E-state index contributed by atoms with van der Waals surface area (Å²) in [7, 11) is 1.67. The summed E-state index contributed by atoms with van der Waals surface area (Å²) in [6.45, 7) is 1.25. The number of carbonyl (C=O) groups excluding carboxylic acids is 1. The van der Waals surface area contributed by atoms with Crippen molar-refractivity contribution in [2.24, 2.45) is 0 Å². The van der Waals surface area contributed by atoms with Gasteiger partial charge in [-0.05, 0) is 37.8 Å². The lowest BCUT2D eigenvalue weighted by Crippen LogP contribution is -2.39. The Morgan fingerprint density at radius 3 is 2.84 bits per heavy atom. The van der Waals surface area contributed by atoms with E-state index in [1.165, 1.54) is 0 Å². The summed E-state index contributed by atoms with van der Waals surface area (Å²) in [5.41, 5.74) is 0.608. The van der Waals surface area contributed by atoms with E-state index in [4.69, 9.17) is 9.47 Å². The first-order chi connectivity index (χ1) is 12.3. The second kappa shape index (κ2) is 8.73. The third kappa shape index (κ3) is 4.87. The highest BCUT2D eigenvalue weighted by molar-refractivity contribution is 5.94. The molecule has 1 aliphatic carbocycles. The zero-order valence-electron chi connectivity index (χ0n) is 14.4. The van der Waals surface area contributed by atoms with E-state index in [2.05, 4.69) is 15.3 Å². The Hall–Kier alpha value is -2.25. The van der Waals surface area contributed by atoms with Crippen molar-refractivity contribution in [1.29, 1.82) is 0 Å². The SMILES string of the molecule is COCCOC1CCC(NC(=O)c2ccnc(-n3ccnc3)c2)CC1. The van der Waals surface area contributed by atoms with E-state index in [9.17, 15) is 4.79 Å². The van der Waals surface area contributed by atoms with Crippen molar-refractivity contribution in [2.75, 3.05) is 20.3 Å². The third-order valence-corrected chi connectivity index (χ3v) is 4.43. The molecule has 7 nitrogen and oxygen atoms in total. The van der Waals surface area contributed by atoms with Crippen LogP contribution in [0.2, 0.25) is 0 Å². The minimum atomic E-state index is -0.0625. The van der Waals surface area contributed by atoms with Crippen molar-refractivity contribution < 1.29 is 14.3 Å². The van der Waals surface area contributed by atoms with Gasteiger partial charge in [-0.25, -0.2) is 9.97 Å². The maximum atomic E-state index is 12.5. The van der Waals surface area contributed by atoms with Crippen molar-refractivity contribution in [3.05, 3.63) is 42.6 Å². The van der Waals surface area contributed by atoms with Gasteiger partial charge in [0.2, 0.25) is 0 Å². The second-order valence-electron chi connectivity index (χ2n) is 6.18. The molecule has 0 unspecified atom stereocenters. The van der Waals surface area contributed by atoms with Gasteiger partial charge in [-0.1, -0.05) is 0 Å². The number of hydrogen-bond donors (Lipinski definition) is 1. The lowest BCUT2D eigenvalue weighted by molar-refractivity contribution is -0.00408. The molecule has 1 saturated carbocycles. The van der Waals surface area contributed by atoms with E-state index in [1.807, 2.05) is 0 Å². The Balaban J connectivity index is 1.51. The van der Waals surface area contributed by atoms with Crippen molar-refractivity contribution in [2.45, 2.75) is 37.8 Å². The highest BCUT2D eigenvalue weighted by Gasteiger charge is 2.23. The molecule has 2 aromatic rings. The van der Waals surface area contributed by atoms with Gasteiger partial charge >= 0.3 is 0 Å². The van der Waals surface area contributed by atoms with Crippen LogP contribution in [0.1, 0.15) is 36.0 Å². The molecule has 0 spiro atoms. The predicted octanol–water partition coefficient (Wildman–Crippen LogP) is 1.97. The number of pyridine rings is 1. The van der Waals surface area contributed by atoms with Crippen molar-refractivity contribution >= 4 is 5.91 Å². The molecule has 25 heavy (non-hydrogen) atoms. The van der Waals surface area contributed by atoms with Gasteiger partial charge in [0.05, 0.1) is 19.3 Å². The molecule has 1 N–H and O–H groups in total. The molecular formula is C18H24N4O3. The highest BCUT2D eigenvalue weighted by atomic mass is 16.5. The van der Waals surface area contributed by atoms with Crippen molar-refractivity contribution in [1.82, 2.24) is 19.9 Å². The van der Waals surface area contributed by atoms with Crippen LogP contribution in [0.5, 0.6) is 0 Å². The molecule has 1 amide bonds. The highest BCUT2D eigenvalue weighted by Crippen LogP contribution is 2.21. The first kappa shape index (κ1) is 17.6. The average Bonchev–Trinajstić information content (AvgIpc) is 3.18. The quantitative estimate of drug-likeness (QED) is 0.777. The maximum Gasteiger partial charge on any atom is 0.251 e. The van der Waals surface area contributed by atoms with Gasteiger partial charge in [0, 0.05) is 37.3 Å². The van der Waals surface area contributed by atoms with Gasteiger partial charge in [0.1, 0.15) is 12.1 Å². The Labute approximate surface area is 147 Å². The minimum Gasteiger partial charge on any atom is -0.382 e. The molecular weight excluding hydrogens is 320 g/mol. The summed E-state index contributed by atoms with van der Waals surface area (Å²) in [5.74, 6) is 0.618. The molecule has 0 aliphatic heterocycles. The van der Waals surface area contributed by atoms with Gasteiger partial charge in [-0.15, -0.1) is 0 Å². The smallest absolute Gasteiger partial charge is 0.251 e. The van der Waals surface area contributed by atoms with E-state index < -0.39 is 0 Å². The van der Waals surface area contributed by atoms with Crippen LogP contribution in [-0.2, 0) is 9.47 Å². The lowest BCUT2D eigenvalue weighted by atomic mass is 9.92. The fourth-order valence-corrected chi connectivity index (χ4v) is 3.04. The summed E-state index contributed by atoms with van der Waals surface area (Å²) in [5, 5.41) is 3.12. The van der Waals surface area contributed by atoms with Crippen LogP contribution in [0.15, 0.2) is 37.1 Å². The zero-order valence-corrected chi connectivity index (χ0v) is 14.4. The number of imidazole rings is 1. The molecule has 1 aliphatic rings. The molecule has 134 valence electrons. The number of nitrogens with one attached hydrogen (secondary N) is 1. The number of nitrogens with zero attached hydrogens (tertiary/aromatic N) is 3. The summed E-state index contributed by atoms with van der Waals surface area (Å²) in [4.78, 5) is 20.8. The number of hydrogen-bond acceptors (Lipinski definition) is 5. The van der Waals surface area contributed by atoms with Crippen molar-refractivity contribution in [3.63, 3.8) is 0 Å². The minimum absolute atomic E-state index is 0.0625. The van der Waals surface area contributed by atoms with Gasteiger partial charge in [0.15, 0.2) is 0 Å². The summed E-state index contributed by atoms with van der Waals surface area (Å²) >= 11 is 0. The molecule has 0 atom stereocenters. The lowest BCUT2D eigenvalue weighted by Gasteiger charge is -2.29. The molecule has 7 heteroatoms. The number of rotatable bonds is 7. The second-order valence-corrected chi connectivity index (χ2v) is 6.18. The Morgan fingerprint density at radius 2 is 2.12 bits per heavy atom. The average molecular weight is 344 g/mol. The largest absolute Gasteiger partial charge is 0.382 e. The fraction of sp³-hybridized carbons (Fsp3) is 0.500. The van der Waals surface area contributed by atoms with Gasteiger partial charge in [0.25, 0.3) is 5.91 Å². The van der Waals surface area contributed by atoms with Crippen LogP contribution in [0, 0.1) is 0 Å². The Morgan fingerprint density at radius 1 is 1.28 bits per heavy atom. The van der Waals surface area contributed by atoms with E-state index in [1.54, 1.807) is 48.7 Å². The van der Waals surface area contributed by atoms with Crippen LogP contribution < -0.4 is 5.32 Å². The van der Waals surface area contributed by atoms with E-state index in [-0.39, 0.29) is 18.1 Å². The molecule has 1 fully saturated rings. The molecule has 0 radical (unpaired) electrons. The zero-order chi connectivity index (χ0) is 17.5. The summed E-state index contributed by atoms with van der Waals surface area (Å²) in [6.07, 6.45) is 10.9. The molecule has 0 aromatic carbocycles. The number of carbonyl (C=O) groups is 1. The Bertz CT molecular complexity index is 667. The van der Waals surface area contributed by atoms with Gasteiger partial charge in [-0.3, -0.25) is 9.36 Å². The first-order valence-electron chi connectivity index (χ1n) is 8.62. The standard InChI is InChI=1S/C18H24N4O3/c1-24-10-11-25-16-4-2-15(3-5-16)21-18(23)14-6-7-20-17(12-14)22-9-8-19-13-22/h6-9,12-13,15-16H,2-5,10-11H2,1H3,(H,21,23). The van der Waals surface area contributed by atoms with E-state index in [0.29, 0.717) is 24.6 Å². The summed E-state index contributed by atoms with van der Waals surface area (Å²) < 4.78 is 12.5. The monoisotopic (exact) mass is 344 g/mol. The van der Waals surface area contributed by atoms with E-state index >= 15 is 0 Å². The van der Waals surface area contributed by atoms with Crippen LogP contribution >= 0.6 is 0 Å². The van der Waals surface area contributed by atoms with Crippen molar-refractivity contribution in [3.8, 4) is 5.82 Å². The number of amides is 1. The van der Waals surface area contributed by atoms with Crippen LogP contribution in [-0.4, -0.2) is 52.9 Å². The number of ether oxygens (including phenoxy) is 2. The van der Waals surface area contributed by atoms with Crippen LogP contribution in [0.4, 0.5) is 0 Å². The van der Waals surface area contributed by atoms with Crippen LogP contribution in [0.25, 0.3) is 5.82 Å².